The van der Waals surface area contributed by atoms with Gasteiger partial charge in [0.25, 0.3) is 0 Å². The Bertz CT molecular complexity index is 900. The Morgan fingerprint density at radius 2 is 1.66 bits per heavy atom. The zero-order valence-electron chi connectivity index (χ0n) is 25.5. The standard InChI is InChI=1S/C18H33N2O5.C11H15ClN2O.Fm/c1-14(2)15(11-21)20-16(23)17(3,4)7-8-24-9-10-25-18(5,6)12-19-13-22;1-8(13-2)11(15)14-10-5-3-9(7-12)4-6-10;/h11,14-15H,7-10,12H2,1-6H3,(H,19,22)(H,20,23);3-6,8,13H,7H2,1-2H3,(H,14,15);/q-1;;. The van der Waals surface area contributed by atoms with E-state index in [2.05, 4.69) is 21.3 Å². The number of hydrogen-bond acceptors (Lipinski definition) is 7. The van der Waals surface area contributed by atoms with Crippen LogP contribution in [0.25, 0.3) is 0 Å². The summed E-state index contributed by atoms with van der Waals surface area (Å²) in [4.78, 5) is 45.0. The van der Waals surface area contributed by atoms with E-state index in [4.69, 9.17) is 21.1 Å². The van der Waals surface area contributed by atoms with Crippen LogP contribution in [-0.4, -0.2) is 75.6 Å². The first-order chi connectivity index (χ1) is 18.7. The second kappa shape index (κ2) is 20.4. The van der Waals surface area contributed by atoms with E-state index < -0.39 is 17.1 Å². The van der Waals surface area contributed by atoms with E-state index >= 15 is 0 Å². The maximum Gasteiger partial charge on any atom is 0.241 e. The number of anilines is 1. The number of amides is 3. The van der Waals surface area contributed by atoms with Crippen molar-refractivity contribution >= 4 is 41.8 Å². The molecular weight excluding hydrogens is 793 g/mol. The topological polar surface area (TPSA) is 135 Å². The van der Waals surface area contributed by atoms with Gasteiger partial charge in [-0.3, -0.25) is 9.59 Å². The average molecular weight is 841 g/mol. The van der Waals surface area contributed by atoms with Crippen molar-refractivity contribution in [1.29, 1.82) is 0 Å². The summed E-state index contributed by atoms with van der Waals surface area (Å²) in [6.07, 6.45) is 2.92. The first kappa shape index (κ1) is 39.6. The van der Waals surface area contributed by atoms with Crippen molar-refractivity contribution < 1.29 is 28.7 Å². The summed E-state index contributed by atoms with van der Waals surface area (Å²) in [6, 6.07) is 6.81. The Morgan fingerprint density at radius 3 is 2.15 bits per heavy atom. The normalized spacial score (nSPS) is 12.6. The number of likely N-dealkylation sites (N-methyl/N-ethyl adjacent to an activating group) is 1. The van der Waals surface area contributed by atoms with E-state index in [1.807, 2.05) is 72.7 Å². The van der Waals surface area contributed by atoms with Crippen LogP contribution in [-0.2, 0) is 34.5 Å². The fraction of sp³-hybridized carbons (Fsp3) is 0.655. The molecule has 0 radical (unpaired) electrons. The average Bonchev–Trinajstić information content (AvgIpc) is 2.92. The number of benzene rings is 1. The molecule has 1 aromatic carbocycles. The minimum Gasteiger partial charge on any atom is -0.528 e. The molecule has 41 heavy (non-hydrogen) atoms. The van der Waals surface area contributed by atoms with Crippen molar-refractivity contribution in [1.82, 2.24) is 16.0 Å². The number of carbonyl (C=O) groups is 3. The maximum atomic E-state index is 12.3. The van der Waals surface area contributed by atoms with Crippen LogP contribution in [0, 0.1) is 11.3 Å². The van der Waals surface area contributed by atoms with Crippen LogP contribution in [0.2, 0.25) is 0 Å². The molecule has 0 spiro atoms. The van der Waals surface area contributed by atoms with Gasteiger partial charge < -0.3 is 40.3 Å². The minimum atomic E-state index is -0.625. The largest absolute Gasteiger partial charge is 0.528 e. The Hall–Kier alpha value is -3.53. The molecule has 0 aliphatic carbocycles. The summed E-state index contributed by atoms with van der Waals surface area (Å²) in [5.41, 5.74) is 0.716. The van der Waals surface area contributed by atoms with Crippen molar-refractivity contribution in [2.75, 3.05) is 38.7 Å². The van der Waals surface area contributed by atoms with Gasteiger partial charge >= 0.3 is 0 Å². The number of alkyl halides is 1. The maximum absolute atomic E-state index is 12.3. The number of nitrogens with one attached hydrogen (secondary N) is 4. The number of rotatable bonds is 18. The molecule has 0 fully saturated rings. The zero-order chi connectivity index (χ0) is 30.8. The van der Waals surface area contributed by atoms with Crippen LogP contribution in [0.5, 0.6) is 0 Å². The summed E-state index contributed by atoms with van der Waals surface area (Å²) in [5.74, 6) is 0.341. The molecule has 0 aromatic heterocycles. The molecule has 0 saturated carbocycles. The van der Waals surface area contributed by atoms with Gasteiger partial charge in [0.15, 0.2) is 0 Å². The third kappa shape index (κ3) is 17.0. The molecular formula is C29H48ClFmN4O6-. The van der Waals surface area contributed by atoms with Crippen molar-refractivity contribution in [2.45, 2.75) is 78.5 Å². The van der Waals surface area contributed by atoms with Gasteiger partial charge in [-0.2, -0.15) is 6.41 Å². The van der Waals surface area contributed by atoms with Crippen LogP contribution in [0.1, 0.15) is 60.5 Å². The van der Waals surface area contributed by atoms with Gasteiger partial charge in [-0.05, 0) is 57.9 Å². The molecule has 3 amide bonds. The minimum absolute atomic E-state index is 0. The quantitative estimate of drug-likeness (QED) is 0.0587. The fourth-order valence-corrected chi connectivity index (χ4v) is 3.16. The van der Waals surface area contributed by atoms with Gasteiger partial charge in [-0.1, -0.05) is 39.8 Å². The summed E-state index contributed by atoms with van der Waals surface area (Å²) in [6.45, 7) is 14.5. The van der Waals surface area contributed by atoms with E-state index in [0.29, 0.717) is 38.7 Å². The van der Waals surface area contributed by atoms with Crippen LogP contribution >= 0.6 is 11.6 Å². The molecule has 4 N–H and O–H groups in total. The van der Waals surface area contributed by atoms with E-state index in [1.165, 1.54) is 0 Å². The molecule has 0 aliphatic heterocycles. The SMILES string of the molecule is CC(C)C(C=O)NC(=O)C(C)(C)CCOCCOC(C)(C)CN[C-]=O.CNC(C)C(=O)Nc1ccc(CCl)cc1.[Fm]. The molecule has 0 bridgehead atoms. The monoisotopic (exact) mass is 840 g/mol. The second-order valence-corrected chi connectivity index (χ2v) is 11.3. The molecule has 10 nitrogen and oxygen atoms in total. The Kier molecular flexibility index (Phi) is 19.7. The van der Waals surface area contributed by atoms with Crippen LogP contribution in [0.4, 0.5) is 5.69 Å². The summed E-state index contributed by atoms with van der Waals surface area (Å²) in [7, 11) is 1.75. The number of hydrogen-bond donors (Lipinski definition) is 4. The van der Waals surface area contributed by atoms with Crippen LogP contribution in [0.3, 0.4) is 0 Å². The summed E-state index contributed by atoms with van der Waals surface area (Å²) < 4.78 is 11.1. The molecule has 12 heteroatoms. The predicted octanol–water partition coefficient (Wildman–Crippen LogP) is 3.18. The van der Waals surface area contributed by atoms with E-state index in [0.717, 1.165) is 17.5 Å². The predicted molar refractivity (Wildman–Crippen MR) is 159 cm³/mol. The first-order valence-electron chi connectivity index (χ1n) is 13.4. The number of aldehydes is 1. The molecule has 240 valence electrons. The van der Waals surface area contributed by atoms with Crippen molar-refractivity contribution in [3.05, 3.63) is 29.8 Å². The third-order valence-corrected chi connectivity index (χ3v) is 6.47. The second-order valence-electron chi connectivity index (χ2n) is 11.0. The molecule has 1 rings (SSSR count). The van der Waals surface area contributed by atoms with Gasteiger partial charge in [-0.25, -0.2) is 0 Å². The van der Waals surface area contributed by atoms with E-state index in [1.54, 1.807) is 13.5 Å². The van der Waals surface area contributed by atoms with Gasteiger partial charge in [0.05, 0.1) is 30.9 Å². The van der Waals surface area contributed by atoms with E-state index in [-0.39, 0.29) is 23.8 Å². The molecule has 0 saturated heterocycles. The van der Waals surface area contributed by atoms with Gasteiger partial charge in [-0.15, -0.1) is 11.6 Å². The van der Waals surface area contributed by atoms with Crippen molar-refractivity contribution in [3.63, 3.8) is 0 Å². The van der Waals surface area contributed by atoms with Gasteiger partial charge in [0.1, 0.15) is 6.29 Å². The third-order valence-electron chi connectivity index (χ3n) is 6.16. The van der Waals surface area contributed by atoms with E-state index in [9.17, 15) is 19.2 Å². The molecule has 0 heterocycles. The Balaban J connectivity index is 0. The Labute approximate surface area is 244 Å². The van der Waals surface area contributed by atoms with Crippen LogP contribution in [0.15, 0.2) is 24.3 Å². The molecule has 2 unspecified atom stereocenters. The first-order valence-corrected chi connectivity index (χ1v) is 14.0. The van der Waals surface area contributed by atoms with Crippen LogP contribution < -0.4 is 21.3 Å². The van der Waals surface area contributed by atoms with Gasteiger partial charge in [0.2, 0.25) is 11.8 Å². The molecule has 2 atom stereocenters. The Morgan fingerprint density at radius 1 is 1.05 bits per heavy atom. The fourth-order valence-electron chi connectivity index (χ4n) is 2.98. The molecule has 0 aliphatic rings. The van der Waals surface area contributed by atoms with Crippen molar-refractivity contribution in [2.24, 2.45) is 11.3 Å². The van der Waals surface area contributed by atoms with Crippen molar-refractivity contribution in [3.8, 4) is 0 Å². The number of carbonyl (C=O) groups excluding carboxylic acids is 4. The number of ether oxygens (including phenoxy) is 2. The smallest absolute Gasteiger partial charge is 0.241 e. The van der Waals surface area contributed by atoms with Gasteiger partial charge in [0, 0.05) is 30.1 Å². The molecule has 1 aromatic rings. The summed E-state index contributed by atoms with van der Waals surface area (Å²) >= 11 is 5.66. The summed E-state index contributed by atoms with van der Waals surface area (Å²) in [5, 5.41) is 10.9. The zero-order valence-corrected chi connectivity index (χ0v) is 28.6. The number of halogens is 1.